The van der Waals surface area contributed by atoms with Gasteiger partial charge in [-0.05, 0) is 43.2 Å². The molecule has 0 aromatic carbocycles. The molecule has 2 rings (SSSR count). The van der Waals surface area contributed by atoms with E-state index in [1.165, 1.54) is 5.56 Å². The Morgan fingerprint density at radius 2 is 2.00 bits per heavy atom. The lowest BCUT2D eigenvalue weighted by molar-refractivity contribution is 0.215. The Kier molecular flexibility index (Phi) is 5.06. The Labute approximate surface area is 118 Å². The van der Waals surface area contributed by atoms with Crippen LogP contribution in [-0.4, -0.2) is 34.0 Å². The zero-order valence-corrected chi connectivity index (χ0v) is 11.5. The van der Waals surface area contributed by atoms with Crippen LogP contribution < -0.4 is 5.32 Å². The van der Waals surface area contributed by atoms with E-state index in [1.807, 2.05) is 31.2 Å². The molecule has 0 aliphatic heterocycles. The van der Waals surface area contributed by atoms with Crippen LogP contribution in [0.25, 0.3) is 0 Å². The lowest BCUT2D eigenvalue weighted by atomic mass is 10.2. The summed E-state index contributed by atoms with van der Waals surface area (Å²) in [5, 5.41) is 2.79. The number of aromatic nitrogens is 2. The largest absolute Gasteiger partial charge is 0.324 e. The van der Waals surface area contributed by atoms with E-state index in [0.29, 0.717) is 18.9 Å². The van der Waals surface area contributed by atoms with Gasteiger partial charge in [0.1, 0.15) is 5.82 Å². The first kappa shape index (κ1) is 14.0. The van der Waals surface area contributed by atoms with Gasteiger partial charge in [0, 0.05) is 31.7 Å². The highest BCUT2D eigenvalue weighted by Gasteiger charge is 2.11. The third kappa shape index (κ3) is 4.05. The number of rotatable bonds is 5. The van der Waals surface area contributed by atoms with Crippen molar-refractivity contribution in [2.24, 2.45) is 0 Å². The maximum absolute atomic E-state index is 12.1. The second kappa shape index (κ2) is 7.23. The summed E-state index contributed by atoms with van der Waals surface area (Å²) in [5.41, 5.74) is 1.17. The summed E-state index contributed by atoms with van der Waals surface area (Å²) >= 11 is 0. The number of likely N-dealkylation sites (N-methyl/N-ethyl adjacent to an activating group) is 1. The van der Waals surface area contributed by atoms with Gasteiger partial charge in [0.05, 0.1) is 0 Å². The minimum atomic E-state index is -0.125. The van der Waals surface area contributed by atoms with E-state index in [-0.39, 0.29) is 6.03 Å². The summed E-state index contributed by atoms with van der Waals surface area (Å²) in [5.74, 6) is 0.569. The monoisotopic (exact) mass is 270 g/mol. The molecule has 0 aliphatic carbocycles. The molecule has 0 unspecified atom stereocenters. The molecule has 5 heteroatoms. The van der Waals surface area contributed by atoms with E-state index < -0.39 is 0 Å². The van der Waals surface area contributed by atoms with Crippen molar-refractivity contribution in [3.8, 4) is 0 Å². The average molecular weight is 270 g/mol. The summed E-state index contributed by atoms with van der Waals surface area (Å²) in [7, 11) is 0. The van der Waals surface area contributed by atoms with Crippen LogP contribution in [0.15, 0.2) is 48.9 Å². The zero-order chi connectivity index (χ0) is 14.2. The molecule has 1 N–H and O–H groups in total. The van der Waals surface area contributed by atoms with Gasteiger partial charge in [-0.1, -0.05) is 6.07 Å². The van der Waals surface area contributed by atoms with Crippen LogP contribution in [0.3, 0.4) is 0 Å². The van der Waals surface area contributed by atoms with E-state index in [4.69, 9.17) is 0 Å². The van der Waals surface area contributed by atoms with Gasteiger partial charge in [0.15, 0.2) is 0 Å². The van der Waals surface area contributed by atoms with Crippen LogP contribution in [0, 0.1) is 0 Å². The normalized spacial score (nSPS) is 10.1. The Bertz CT molecular complexity index is 530. The number of carbonyl (C=O) groups excluding carboxylic acids is 1. The van der Waals surface area contributed by atoms with Crippen molar-refractivity contribution in [1.82, 2.24) is 14.9 Å². The molecule has 2 aromatic rings. The van der Waals surface area contributed by atoms with Crippen molar-refractivity contribution < 1.29 is 4.79 Å². The minimum absolute atomic E-state index is 0.125. The molecule has 0 fully saturated rings. The summed E-state index contributed by atoms with van der Waals surface area (Å²) in [6, 6.07) is 9.23. The highest BCUT2D eigenvalue weighted by atomic mass is 16.2. The molecule has 20 heavy (non-hydrogen) atoms. The van der Waals surface area contributed by atoms with E-state index in [0.717, 1.165) is 6.42 Å². The predicted molar refractivity (Wildman–Crippen MR) is 78.4 cm³/mol. The summed E-state index contributed by atoms with van der Waals surface area (Å²) in [4.78, 5) is 22.0. The lowest BCUT2D eigenvalue weighted by Gasteiger charge is -2.21. The quantitative estimate of drug-likeness (QED) is 0.908. The molecule has 0 aliphatic rings. The number of hydrogen-bond donors (Lipinski definition) is 1. The van der Waals surface area contributed by atoms with E-state index >= 15 is 0 Å². The molecule has 2 heterocycles. The molecule has 0 radical (unpaired) electrons. The second-order valence-electron chi connectivity index (χ2n) is 4.33. The topological polar surface area (TPSA) is 58.1 Å². The molecule has 5 nitrogen and oxygen atoms in total. The molecule has 0 saturated carbocycles. The van der Waals surface area contributed by atoms with Crippen LogP contribution in [0.1, 0.15) is 12.5 Å². The van der Waals surface area contributed by atoms with Crippen molar-refractivity contribution in [2.45, 2.75) is 13.3 Å². The maximum Gasteiger partial charge on any atom is 0.323 e. The fraction of sp³-hybridized carbons (Fsp3) is 0.267. The fourth-order valence-electron chi connectivity index (χ4n) is 1.84. The van der Waals surface area contributed by atoms with Crippen LogP contribution in [0.4, 0.5) is 10.6 Å². The number of nitrogens with one attached hydrogen (secondary N) is 1. The first-order valence-electron chi connectivity index (χ1n) is 6.65. The molecule has 104 valence electrons. The first-order valence-corrected chi connectivity index (χ1v) is 6.65. The number of nitrogens with zero attached hydrogens (tertiary/aromatic N) is 3. The number of urea groups is 1. The van der Waals surface area contributed by atoms with E-state index in [2.05, 4.69) is 15.3 Å². The molecule has 2 aromatic heterocycles. The Hall–Kier alpha value is -2.43. The predicted octanol–water partition coefficient (Wildman–Crippen LogP) is 2.57. The van der Waals surface area contributed by atoms with Crippen molar-refractivity contribution >= 4 is 11.8 Å². The molecular formula is C15H18N4O. The van der Waals surface area contributed by atoms with Crippen molar-refractivity contribution in [3.63, 3.8) is 0 Å². The van der Waals surface area contributed by atoms with Crippen molar-refractivity contribution in [2.75, 3.05) is 18.4 Å². The standard InChI is InChI=1S/C15H18N4O/c1-2-19(12-8-13-6-10-16-11-7-13)15(20)18-14-5-3-4-9-17-14/h3-7,9-11H,2,8,12H2,1H3,(H,17,18,20). The number of anilines is 1. The average Bonchev–Trinajstić information content (AvgIpc) is 2.50. The van der Waals surface area contributed by atoms with Gasteiger partial charge >= 0.3 is 6.03 Å². The summed E-state index contributed by atoms with van der Waals surface area (Å²) in [6.07, 6.45) is 5.99. The van der Waals surface area contributed by atoms with Gasteiger partial charge in [-0.2, -0.15) is 0 Å². The van der Waals surface area contributed by atoms with Crippen LogP contribution in [0.2, 0.25) is 0 Å². The number of hydrogen-bond acceptors (Lipinski definition) is 3. The van der Waals surface area contributed by atoms with Crippen molar-refractivity contribution in [1.29, 1.82) is 0 Å². The van der Waals surface area contributed by atoms with Gasteiger partial charge in [-0.15, -0.1) is 0 Å². The Morgan fingerprint density at radius 1 is 1.20 bits per heavy atom. The van der Waals surface area contributed by atoms with Gasteiger partial charge in [0.2, 0.25) is 0 Å². The van der Waals surface area contributed by atoms with Crippen LogP contribution in [-0.2, 0) is 6.42 Å². The van der Waals surface area contributed by atoms with Crippen LogP contribution >= 0.6 is 0 Å². The molecule has 0 spiro atoms. The Balaban J connectivity index is 1.89. The highest BCUT2D eigenvalue weighted by molar-refractivity contribution is 5.88. The third-order valence-corrected chi connectivity index (χ3v) is 2.99. The van der Waals surface area contributed by atoms with Gasteiger partial charge in [0.25, 0.3) is 0 Å². The van der Waals surface area contributed by atoms with Gasteiger partial charge in [-0.3, -0.25) is 10.3 Å². The SMILES string of the molecule is CCN(CCc1ccncc1)C(=O)Nc1ccccn1. The molecular weight excluding hydrogens is 252 g/mol. The summed E-state index contributed by atoms with van der Waals surface area (Å²) < 4.78 is 0. The molecule has 2 amide bonds. The highest BCUT2D eigenvalue weighted by Crippen LogP contribution is 2.04. The minimum Gasteiger partial charge on any atom is -0.324 e. The lowest BCUT2D eigenvalue weighted by Crippen LogP contribution is -2.36. The van der Waals surface area contributed by atoms with E-state index in [9.17, 15) is 4.79 Å². The van der Waals surface area contributed by atoms with Crippen molar-refractivity contribution in [3.05, 3.63) is 54.5 Å². The smallest absolute Gasteiger partial charge is 0.323 e. The maximum atomic E-state index is 12.1. The number of pyridine rings is 2. The third-order valence-electron chi connectivity index (χ3n) is 2.99. The number of carbonyl (C=O) groups is 1. The fourth-order valence-corrected chi connectivity index (χ4v) is 1.84. The Morgan fingerprint density at radius 3 is 2.65 bits per heavy atom. The summed E-state index contributed by atoms with van der Waals surface area (Å²) in [6.45, 7) is 3.29. The van der Waals surface area contributed by atoms with Gasteiger partial charge < -0.3 is 4.90 Å². The zero-order valence-electron chi connectivity index (χ0n) is 11.5. The molecule has 0 bridgehead atoms. The molecule has 0 atom stereocenters. The number of amides is 2. The first-order chi connectivity index (χ1) is 9.79. The van der Waals surface area contributed by atoms with E-state index in [1.54, 1.807) is 29.6 Å². The van der Waals surface area contributed by atoms with Crippen LogP contribution in [0.5, 0.6) is 0 Å². The second-order valence-corrected chi connectivity index (χ2v) is 4.33. The molecule has 0 saturated heterocycles. The van der Waals surface area contributed by atoms with Gasteiger partial charge in [-0.25, -0.2) is 9.78 Å².